The second kappa shape index (κ2) is 7.06. The molecule has 6 heteroatoms. The first-order chi connectivity index (χ1) is 9.58. The van der Waals surface area contributed by atoms with Crippen molar-refractivity contribution in [1.82, 2.24) is 4.31 Å². The lowest BCUT2D eigenvalue weighted by Crippen LogP contribution is -2.36. The van der Waals surface area contributed by atoms with Crippen LogP contribution < -0.4 is 4.74 Å². The maximum absolute atomic E-state index is 12.1. The first-order valence-electron chi connectivity index (χ1n) is 6.81. The zero-order valence-electron chi connectivity index (χ0n) is 11.7. The second-order valence-corrected chi connectivity index (χ2v) is 7.09. The number of hydrogen-bond donors (Lipinski definition) is 0. The minimum absolute atomic E-state index is 0.0227. The summed E-state index contributed by atoms with van der Waals surface area (Å²) in [5.74, 6) is 0.662. The van der Waals surface area contributed by atoms with Crippen molar-refractivity contribution in [1.29, 1.82) is 0 Å². The SMILES string of the molecule is CN(C[C@H]1CCCO1)S(=O)(=O)CCOc1ccccc1. The summed E-state index contributed by atoms with van der Waals surface area (Å²) in [4.78, 5) is 0. The monoisotopic (exact) mass is 299 g/mol. The predicted molar refractivity (Wildman–Crippen MR) is 77.3 cm³/mol. The van der Waals surface area contributed by atoms with Gasteiger partial charge in [0, 0.05) is 20.2 Å². The van der Waals surface area contributed by atoms with Gasteiger partial charge in [-0.2, -0.15) is 0 Å². The van der Waals surface area contributed by atoms with Gasteiger partial charge >= 0.3 is 0 Å². The van der Waals surface area contributed by atoms with Crippen LogP contribution in [0.15, 0.2) is 30.3 Å². The molecule has 112 valence electrons. The van der Waals surface area contributed by atoms with Crippen LogP contribution in [0.25, 0.3) is 0 Å². The highest BCUT2D eigenvalue weighted by atomic mass is 32.2. The molecule has 0 bridgehead atoms. The lowest BCUT2D eigenvalue weighted by molar-refractivity contribution is 0.0978. The van der Waals surface area contributed by atoms with Crippen molar-refractivity contribution in [2.75, 3.05) is 32.6 Å². The predicted octanol–water partition coefficient (Wildman–Crippen LogP) is 1.51. The molecule has 5 nitrogen and oxygen atoms in total. The van der Waals surface area contributed by atoms with E-state index in [1.54, 1.807) is 7.05 Å². The third-order valence-electron chi connectivity index (χ3n) is 3.31. The third kappa shape index (κ3) is 4.47. The number of rotatable bonds is 7. The maximum Gasteiger partial charge on any atom is 0.217 e. The van der Waals surface area contributed by atoms with Gasteiger partial charge in [0.2, 0.25) is 10.0 Å². The van der Waals surface area contributed by atoms with E-state index in [-0.39, 0.29) is 18.5 Å². The van der Waals surface area contributed by atoms with Crippen LogP contribution in [0.5, 0.6) is 5.75 Å². The summed E-state index contributed by atoms with van der Waals surface area (Å²) in [5, 5.41) is 0. The van der Waals surface area contributed by atoms with Crippen molar-refractivity contribution in [3.8, 4) is 5.75 Å². The molecule has 20 heavy (non-hydrogen) atoms. The van der Waals surface area contributed by atoms with Gasteiger partial charge in [-0.15, -0.1) is 0 Å². The van der Waals surface area contributed by atoms with E-state index in [1.165, 1.54) is 4.31 Å². The molecule has 1 aliphatic heterocycles. The highest BCUT2D eigenvalue weighted by Crippen LogP contribution is 2.14. The third-order valence-corrected chi connectivity index (χ3v) is 5.09. The van der Waals surface area contributed by atoms with Gasteiger partial charge in [0.1, 0.15) is 12.4 Å². The fraction of sp³-hybridized carbons (Fsp3) is 0.571. The van der Waals surface area contributed by atoms with Gasteiger partial charge in [-0.3, -0.25) is 0 Å². The topological polar surface area (TPSA) is 55.8 Å². The van der Waals surface area contributed by atoms with E-state index < -0.39 is 10.0 Å². The van der Waals surface area contributed by atoms with Crippen molar-refractivity contribution in [3.63, 3.8) is 0 Å². The summed E-state index contributed by atoms with van der Waals surface area (Å²) < 4.78 is 36.5. The van der Waals surface area contributed by atoms with Crippen molar-refractivity contribution in [3.05, 3.63) is 30.3 Å². The van der Waals surface area contributed by atoms with Crippen molar-refractivity contribution >= 4 is 10.0 Å². The molecule has 0 N–H and O–H groups in total. The van der Waals surface area contributed by atoms with E-state index in [0.717, 1.165) is 19.4 Å². The first-order valence-corrected chi connectivity index (χ1v) is 8.42. The Kier molecular flexibility index (Phi) is 5.39. The number of sulfonamides is 1. The number of hydrogen-bond acceptors (Lipinski definition) is 4. The van der Waals surface area contributed by atoms with Gasteiger partial charge in [-0.1, -0.05) is 18.2 Å². The molecular formula is C14H21NO4S. The average Bonchev–Trinajstić information content (AvgIpc) is 2.92. The summed E-state index contributed by atoms with van der Waals surface area (Å²) in [6.07, 6.45) is 1.97. The minimum Gasteiger partial charge on any atom is -0.492 e. The average molecular weight is 299 g/mol. The fourth-order valence-corrected chi connectivity index (χ4v) is 3.13. The Labute approximate surface area is 120 Å². The largest absolute Gasteiger partial charge is 0.492 e. The van der Waals surface area contributed by atoms with Crippen LogP contribution >= 0.6 is 0 Å². The van der Waals surface area contributed by atoms with Gasteiger partial charge in [-0.05, 0) is 25.0 Å². The van der Waals surface area contributed by atoms with E-state index in [0.29, 0.717) is 12.3 Å². The van der Waals surface area contributed by atoms with Gasteiger partial charge in [0.15, 0.2) is 0 Å². The number of ether oxygens (including phenoxy) is 2. The first kappa shape index (κ1) is 15.3. The number of likely N-dealkylation sites (N-methyl/N-ethyl adjacent to an activating group) is 1. The molecule has 1 atom stereocenters. The Morgan fingerprint density at radius 1 is 1.35 bits per heavy atom. The maximum atomic E-state index is 12.1. The molecule has 1 aromatic carbocycles. The van der Waals surface area contributed by atoms with Crippen LogP contribution in [0.2, 0.25) is 0 Å². The van der Waals surface area contributed by atoms with E-state index in [9.17, 15) is 8.42 Å². The Hall–Kier alpha value is -1.11. The van der Waals surface area contributed by atoms with Crippen molar-refractivity contribution < 1.29 is 17.9 Å². The molecule has 1 fully saturated rings. The van der Waals surface area contributed by atoms with Crippen LogP contribution in [-0.2, 0) is 14.8 Å². The lowest BCUT2D eigenvalue weighted by Gasteiger charge is -2.20. The summed E-state index contributed by atoms with van der Waals surface area (Å²) in [6, 6.07) is 9.21. The van der Waals surface area contributed by atoms with Gasteiger partial charge < -0.3 is 9.47 Å². The molecule has 1 aromatic rings. The number of benzene rings is 1. The van der Waals surface area contributed by atoms with Crippen LogP contribution in [0, 0.1) is 0 Å². The summed E-state index contributed by atoms with van der Waals surface area (Å²) in [7, 11) is -1.69. The van der Waals surface area contributed by atoms with Crippen molar-refractivity contribution in [2.45, 2.75) is 18.9 Å². The van der Waals surface area contributed by atoms with Gasteiger partial charge in [-0.25, -0.2) is 12.7 Å². The molecule has 0 aromatic heterocycles. The Morgan fingerprint density at radius 2 is 2.10 bits per heavy atom. The highest BCUT2D eigenvalue weighted by Gasteiger charge is 2.24. The standard InChI is InChI=1S/C14H21NO4S/c1-15(12-14-8-5-9-18-14)20(16,17)11-10-19-13-6-3-2-4-7-13/h2-4,6-7,14H,5,8-12H2,1H3/t14-/m1/s1. The van der Waals surface area contributed by atoms with Crippen LogP contribution in [0.3, 0.4) is 0 Å². The molecule has 2 rings (SSSR count). The Morgan fingerprint density at radius 3 is 2.75 bits per heavy atom. The van der Waals surface area contributed by atoms with E-state index >= 15 is 0 Å². The smallest absolute Gasteiger partial charge is 0.217 e. The number of nitrogens with zero attached hydrogens (tertiary/aromatic N) is 1. The molecule has 0 unspecified atom stereocenters. The molecule has 1 saturated heterocycles. The molecule has 0 radical (unpaired) electrons. The quantitative estimate of drug-likeness (QED) is 0.766. The fourth-order valence-electron chi connectivity index (χ4n) is 2.13. The van der Waals surface area contributed by atoms with Crippen LogP contribution in [0.1, 0.15) is 12.8 Å². The molecular weight excluding hydrogens is 278 g/mol. The molecule has 0 aliphatic carbocycles. The van der Waals surface area contributed by atoms with E-state index in [4.69, 9.17) is 9.47 Å². The van der Waals surface area contributed by atoms with Crippen LogP contribution in [-0.4, -0.2) is 51.4 Å². The van der Waals surface area contributed by atoms with Crippen molar-refractivity contribution in [2.24, 2.45) is 0 Å². The molecule has 1 aliphatic rings. The molecule has 0 spiro atoms. The number of para-hydroxylation sites is 1. The molecule has 1 heterocycles. The van der Waals surface area contributed by atoms with Gasteiger partial charge in [0.25, 0.3) is 0 Å². The summed E-state index contributed by atoms with van der Waals surface area (Å²) >= 11 is 0. The summed E-state index contributed by atoms with van der Waals surface area (Å²) in [5.41, 5.74) is 0. The Balaban J connectivity index is 1.77. The zero-order chi connectivity index (χ0) is 14.4. The van der Waals surface area contributed by atoms with Crippen LogP contribution in [0.4, 0.5) is 0 Å². The molecule has 0 amide bonds. The second-order valence-electron chi connectivity index (χ2n) is 4.89. The minimum atomic E-state index is -3.29. The normalized spacial score (nSPS) is 19.4. The Bertz CT molecular complexity index is 497. The lowest BCUT2D eigenvalue weighted by atomic mass is 10.2. The zero-order valence-corrected chi connectivity index (χ0v) is 12.5. The summed E-state index contributed by atoms with van der Waals surface area (Å²) in [6.45, 7) is 1.31. The van der Waals surface area contributed by atoms with Gasteiger partial charge in [0.05, 0.1) is 11.9 Å². The van der Waals surface area contributed by atoms with E-state index in [1.807, 2.05) is 30.3 Å². The van der Waals surface area contributed by atoms with E-state index in [2.05, 4.69) is 0 Å². The highest BCUT2D eigenvalue weighted by molar-refractivity contribution is 7.89. The molecule has 0 saturated carbocycles.